The summed E-state index contributed by atoms with van der Waals surface area (Å²) in [4.78, 5) is 22.4. The summed E-state index contributed by atoms with van der Waals surface area (Å²) in [5.74, 6) is 2.02. The summed E-state index contributed by atoms with van der Waals surface area (Å²) in [5.41, 5.74) is 3.48. The topological polar surface area (TPSA) is 81.4 Å². The van der Waals surface area contributed by atoms with E-state index in [0.717, 1.165) is 40.0 Å². The molecule has 0 fully saturated rings. The number of aromatic nitrogens is 2. The Kier molecular flexibility index (Phi) is 5.18. The summed E-state index contributed by atoms with van der Waals surface area (Å²) >= 11 is 0. The van der Waals surface area contributed by atoms with Crippen molar-refractivity contribution in [1.82, 2.24) is 9.97 Å². The fourth-order valence-electron chi connectivity index (χ4n) is 3.62. The van der Waals surface area contributed by atoms with Crippen molar-refractivity contribution in [2.24, 2.45) is 0 Å². The molecule has 3 aromatic rings. The summed E-state index contributed by atoms with van der Waals surface area (Å²) in [6.45, 7) is 6.85. The second-order valence-corrected chi connectivity index (χ2v) is 7.06. The molecule has 2 heterocycles. The van der Waals surface area contributed by atoms with Crippen molar-refractivity contribution in [3.8, 4) is 5.75 Å². The highest BCUT2D eigenvalue weighted by molar-refractivity contribution is 5.94. The first-order valence-corrected chi connectivity index (χ1v) is 9.78. The Balaban J connectivity index is 1.88. The van der Waals surface area contributed by atoms with Crippen LogP contribution in [0.3, 0.4) is 0 Å². The van der Waals surface area contributed by atoms with Crippen LogP contribution in [-0.2, 0) is 6.42 Å². The molecule has 0 atom stereocenters. The van der Waals surface area contributed by atoms with Gasteiger partial charge in [0.15, 0.2) is 5.82 Å². The molecule has 0 spiro atoms. The number of fused-ring (bicyclic) bond motifs is 2. The van der Waals surface area contributed by atoms with E-state index in [9.17, 15) is 10.1 Å². The fraction of sp³-hybridized carbons (Fsp3) is 0.217. The molecule has 0 bridgehead atoms. The van der Waals surface area contributed by atoms with Gasteiger partial charge in [0.25, 0.3) is 5.69 Å². The molecule has 0 saturated carbocycles. The Morgan fingerprint density at radius 3 is 2.87 bits per heavy atom. The zero-order valence-corrected chi connectivity index (χ0v) is 17.0. The lowest BCUT2D eigenvalue weighted by molar-refractivity contribution is -0.384. The van der Waals surface area contributed by atoms with E-state index in [-0.39, 0.29) is 10.6 Å². The molecule has 0 amide bonds. The zero-order valence-electron chi connectivity index (χ0n) is 17.0. The Labute approximate surface area is 174 Å². The van der Waals surface area contributed by atoms with Crippen LogP contribution in [0.15, 0.2) is 55.1 Å². The second kappa shape index (κ2) is 7.94. The van der Waals surface area contributed by atoms with Crippen molar-refractivity contribution in [2.45, 2.75) is 19.8 Å². The van der Waals surface area contributed by atoms with Crippen molar-refractivity contribution < 1.29 is 9.66 Å². The largest absolute Gasteiger partial charge is 0.497 e. The summed E-state index contributed by atoms with van der Waals surface area (Å²) in [6, 6.07) is 10.7. The van der Waals surface area contributed by atoms with Gasteiger partial charge in [-0.1, -0.05) is 25.7 Å². The molecule has 1 aromatic heterocycles. The number of rotatable bonds is 6. The highest BCUT2D eigenvalue weighted by atomic mass is 16.6. The Morgan fingerprint density at radius 2 is 2.13 bits per heavy atom. The molecule has 0 radical (unpaired) electrons. The van der Waals surface area contributed by atoms with Gasteiger partial charge in [0.2, 0.25) is 0 Å². The van der Waals surface area contributed by atoms with Crippen LogP contribution in [-0.4, -0.2) is 28.5 Å². The quantitative estimate of drug-likeness (QED) is 0.319. The van der Waals surface area contributed by atoms with E-state index >= 15 is 0 Å². The lowest BCUT2D eigenvalue weighted by atomic mass is 10.1. The van der Waals surface area contributed by atoms with Gasteiger partial charge in [0.1, 0.15) is 11.6 Å². The highest BCUT2D eigenvalue weighted by Gasteiger charge is 2.26. The highest BCUT2D eigenvalue weighted by Crippen LogP contribution is 2.39. The standard InChI is InChI=1S/C23H22N4O3/c1-4-5-6-15(2)22-24-20-9-8-18(30-3)14-19(20)23(25-22)26-12-11-16-13-17(27(28)29)7-10-21(16)26/h5-10,13-14H,2,4,11-12H2,1,3H3/b6-5+. The third-order valence-electron chi connectivity index (χ3n) is 5.15. The third kappa shape index (κ3) is 3.50. The molecule has 1 aliphatic heterocycles. The minimum atomic E-state index is -0.365. The van der Waals surface area contributed by atoms with E-state index < -0.39 is 0 Å². The number of hydrogen-bond acceptors (Lipinski definition) is 6. The van der Waals surface area contributed by atoms with Crippen LogP contribution < -0.4 is 9.64 Å². The van der Waals surface area contributed by atoms with Gasteiger partial charge in [-0.25, -0.2) is 9.97 Å². The third-order valence-corrected chi connectivity index (χ3v) is 5.15. The van der Waals surface area contributed by atoms with E-state index in [4.69, 9.17) is 14.7 Å². The zero-order chi connectivity index (χ0) is 21.3. The molecular formula is C23H22N4O3. The maximum absolute atomic E-state index is 11.1. The normalized spacial score (nSPS) is 13.1. The maximum Gasteiger partial charge on any atom is 0.269 e. The number of hydrogen-bond donors (Lipinski definition) is 0. The first-order chi connectivity index (χ1) is 14.5. The molecule has 0 unspecified atom stereocenters. The summed E-state index contributed by atoms with van der Waals surface area (Å²) < 4.78 is 5.40. The number of methoxy groups -OCH3 is 1. The smallest absolute Gasteiger partial charge is 0.269 e. The maximum atomic E-state index is 11.1. The predicted octanol–water partition coefficient (Wildman–Crippen LogP) is 5.22. The van der Waals surface area contributed by atoms with Crippen LogP contribution in [0.4, 0.5) is 17.2 Å². The Bertz CT molecular complexity index is 1190. The van der Waals surface area contributed by atoms with Crippen LogP contribution >= 0.6 is 0 Å². The van der Waals surface area contributed by atoms with Crippen LogP contribution in [0.2, 0.25) is 0 Å². The minimum Gasteiger partial charge on any atom is -0.497 e. The molecular weight excluding hydrogens is 380 g/mol. The fourth-order valence-corrected chi connectivity index (χ4v) is 3.62. The van der Waals surface area contributed by atoms with Crippen molar-refractivity contribution in [3.05, 3.63) is 76.6 Å². The average Bonchev–Trinajstić information content (AvgIpc) is 3.19. The van der Waals surface area contributed by atoms with Gasteiger partial charge in [0, 0.05) is 35.3 Å². The van der Waals surface area contributed by atoms with E-state index in [1.54, 1.807) is 19.2 Å². The predicted molar refractivity (Wildman–Crippen MR) is 118 cm³/mol. The van der Waals surface area contributed by atoms with E-state index in [1.165, 1.54) is 6.07 Å². The number of nitrogens with zero attached hydrogens (tertiary/aromatic N) is 4. The van der Waals surface area contributed by atoms with Crippen LogP contribution in [0.25, 0.3) is 16.5 Å². The van der Waals surface area contributed by atoms with Gasteiger partial charge in [-0.05, 0) is 42.7 Å². The number of benzene rings is 2. The van der Waals surface area contributed by atoms with Crippen LogP contribution in [0.1, 0.15) is 24.7 Å². The van der Waals surface area contributed by atoms with E-state index in [2.05, 4.69) is 18.4 Å². The lowest BCUT2D eigenvalue weighted by Gasteiger charge is -2.21. The summed E-state index contributed by atoms with van der Waals surface area (Å²) in [5, 5.41) is 12.0. The summed E-state index contributed by atoms with van der Waals surface area (Å²) in [6.07, 6.45) is 5.55. The minimum absolute atomic E-state index is 0.101. The number of allylic oxidation sites excluding steroid dienone is 3. The number of nitro groups is 1. The first kappa shape index (κ1) is 19.6. The molecule has 7 heteroatoms. The van der Waals surface area contributed by atoms with Gasteiger partial charge in [-0.3, -0.25) is 10.1 Å². The SMILES string of the molecule is C=C(/C=C/CC)c1nc(N2CCc3cc([N+](=O)[O-])ccc32)c2cc(OC)ccc2n1. The first-order valence-electron chi connectivity index (χ1n) is 9.78. The number of anilines is 2. The van der Waals surface area contributed by atoms with Gasteiger partial charge in [0.05, 0.1) is 17.5 Å². The van der Waals surface area contributed by atoms with Gasteiger partial charge in [-0.15, -0.1) is 0 Å². The van der Waals surface area contributed by atoms with Gasteiger partial charge in [-0.2, -0.15) is 0 Å². The number of ether oxygens (including phenoxy) is 1. The molecule has 152 valence electrons. The molecule has 0 saturated heterocycles. The molecule has 0 aliphatic carbocycles. The molecule has 2 aromatic carbocycles. The van der Waals surface area contributed by atoms with Crippen LogP contribution in [0, 0.1) is 10.1 Å². The second-order valence-electron chi connectivity index (χ2n) is 7.06. The Hall–Kier alpha value is -3.74. The van der Waals surface area contributed by atoms with Crippen molar-refractivity contribution in [3.63, 3.8) is 0 Å². The van der Waals surface area contributed by atoms with Crippen molar-refractivity contribution >= 4 is 33.7 Å². The molecule has 4 rings (SSSR count). The van der Waals surface area contributed by atoms with Crippen molar-refractivity contribution in [1.29, 1.82) is 0 Å². The molecule has 7 nitrogen and oxygen atoms in total. The number of non-ortho nitro benzene ring substituents is 1. The van der Waals surface area contributed by atoms with Gasteiger partial charge >= 0.3 is 0 Å². The summed E-state index contributed by atoms with van der Waals surface area (Å²) in [7, 11) is 1.62. The van der Waals surface area contributed by atoms with Gasteiger partial charge < -0.3 is 9.64 Å². The number of nitro benzene ring substituents is 1. The average molecular weight is 402 g/mol. The molecule has 0 N–H and O–H groups in total. The Morgan fingerprint density at radius 1 is 1.30 bits per heavy atom. The van der Waals surface area contributed by atoms with Crippen molar-refractivity contribution in [2.75, 3.05) is 18.6 Å². The van der Waals surface area contributed by atoms with E-state index in [1.807, 2.05) is 30.4 Å². The van der Waals surface area contributed by atoms with Crippen LogP contribution in [0.5, 0.6) is 5.75 Å². The molecule has 30 heavy (non-hydrogen) atoms. The lowest BCUT2D eigenvalue weighted by Crippen LogP contribution is -2.16. The molecule has 1 aliphatic rings. The van der Waals surface area contributed by atoms with E-state index in [0.29, 0.717) is 24.5 Å². The monoisotopic (exact) mass is 402 g/mol.